The number of ether oxygens (including phenoxy) is 1. The first-order chi connectivity index (χ1) is 8.28. The lowest BCUT2D eigenvalue weighted by Crippen LogP contribution is -2.36. The Kier molecular flexibility index (Phi) is 4.52. The van der Waals surface area contributed by atoms with Crippen molar-refractivity contribution in [1.82, 2.24) is 5.32 Å². The molecule has 0 aliphatic carbocycles. The second kappa shape index (κ2) is 5.70. The van der Waals surface area contributed by atoms with Gasteiger partial charge >= 0.3 is 6.18 Å². The molecule has 0 bridgehead atoms. The van der Waals surface area contributed by atoms with Crippen molar-refractivity contribution in [1.29, 1.82) is 0 Å². The number of carbonyl (C=O) groups is 1. The lowest BCUT2D eigenvalue weighted by atomic mass is 10.2. The third kappa shape index (κ3) is 5.03. The largest absolute Gasteiger partial charge is 0.484 e. The van der Waals surface area contributed by atoms with Gasteiger partial charge in [-0.15, -0.1) is 0 Å². The number of alkyl halides is 3. The standard InChI is InChI=1S/C11H11F4NO2/c1-7-2-3-8(4-9(7)12)18-5-10(17)16-6-11(13,14)15/h2-4H,5-6H2,1H3,(H,16,17). The van der Waals surface area contributed by atoms with Crippen molar-refractivity contribution in [2.75, 3.05) is 13.2 Å². The summed E-state index contributed by atoms with van der Waals surface area (Å²) in [5.74, 6) is -1.35. The van der Waals surface area contributed by atoms with Gasteiger partial charge in [0.15, 0.2) is 6.61 Å². The van der Waals surface area contributed by atoms with E-state index in [9.17, 15) is 22.4 Å². The molecule has 7 heteroatoms. The summed E-state index contributed by atoms with van der Waals surface area (Å²) in [6, 6.07) is 3.93. The first-order valence-corrected chi connectivity index (χ1v) is 5.00. The summed E-state index contributed by atoms with van der Waals surface area (Å²) in [5.41, 5.74) is 0.406. The number of benzene rings is 1. The molecule has 1 aromatic rings. The topological polar surface area (TPSA) is 38.3 Å². The maximum atomic E-state index is 13.1. The number of halogens is 4. The number of hydrogen-bond donors (Lipinski definition) is 1. The van der Waals surface area contributed by atoms with E-state index in [1.807, 2.05) is 0 Å². The predicted octanol–water partition coefficient (Wildman–Crippen LogP) is 2.19. The molecule has 1 amide bonds. The van der Waals surface area contributed by atoms with Crippen molar-refractivity contribution in [3.63, 3.8) is 0 Å². The van der Waals surface area contributed by atoms with Crippen LogP contribution in [0.4, 0.5) is 17.6 Å². The van der Waals surface area contributed by atoms with E-state index >= 15 is 0 Å². The van der Waals surface area contributed by atoms with Crippen molar-refractivity contribution in [2.45, 2.75) is 13.1 Å². The summed E-state index contributed by atoms with van der Waals surface area (Å²) < 4.78 is 53.2. The number of aryl methyl sites for hydroxylation is 1. The first kappa shape index (κ1) is 14.3. The molecule has 0 heterocycles. The van der Waals surface area contributed by atoms with Gasteiger partial charge in [-0.1, -0.05) is 6.07 Å². The van der Waals surface area contributed by atoms with Crippen molar-refractivity contribution in [2.24, 2.45) is 0 Å². The van der Waals surface area contributed by atoms with E-state index in [1.54, 1.807) is 12.2 Å². The van der Waals surface area contributed by atoms with Crippen LogP contribution in [-0.2, 0) is 4.79 Å². The van der Waals surface area contributed by atoms with Crippen molar-refractivity contribution < 1.29 is 27.1 Å². The Hall–Kier alpha value is -1.79. The Morgan fingerprint density at radius 3 is 2.61 bits per heavy atom. The van der Waals surface area contributed by atoms with Crippen LogP contribution in [0.2, 0.25) is 0 Å². The summed E-state index contributed by atoms with van der Waals surface area (Å²) in [7, 11) is 0. The summed E-state index contributed by atoms with van der Waals surface area (Å²) in [4.78, 5) is 11.0. The molecule has 0 fully saturated rings. The zero-order valence-electron chi connectivity index (χ0n) is 9.47. The predicted molar refractivity (Wildman–Crippen MR) is 55.7 cm³/mol. The number of carbonyl (C=O) groups excluding carboxylic acids is 1. The molecule has 0 saturated heterocycles. The molecular weight excluding hydrogens is 254 g/mol. The van der Waals surface area contributed by atoms with E-state index in [-0.39, 0.29) is 5.75 Å². The minimum atomic E-state index is -4.47. The fourth-order valence-corrected chi connectivity index (χ4v) is 1.06. The average Bonchev–Trinajstić information content (AvgIpc) is 2.27. The van der Waals surface area contributed by atoms with Gasteiger partial charge in [-0.05, 0) is 18.6 Å². The van der Waals surface area contributed by atoms with Crippen molar-refractivity contribution in [3.05, 3.63) is 29.6 Å². The van der Waals surface area contributed by atoms with E-state index < -0.39 is 31.1 Å². The molecule has 0 aliphatic heterocycles. The molecule has 100 valence electrons. The number of nitrogens with one attached hydrogen (secondary N) is 1. The van der Waals surface area contributed by atoms with Gasteiger partial charge in [0.05, 0.1) is 0 Å². The normalized spacial score (nSPS) is 11.2. The summed E-state index contributed by atoms with van der Waals surface area (Å²) in [6.45, 7) is -0.467. The molecular formula is C11H11F4NO2. The third-order valence-corrected chi connectivity index (χ3v) is 2.00. The van der Waals surface area contributed by atoms with Gasteiger partial charge in [-0.2, -0.15) is 13.2 Å². The van der Waals surface area contributed by atoms with Crippen LogP contribution in [0.3, 0.4) is 0 Å². The molecule has 0 aliphatic rings. The van der Waals surface area contributed by atoms with E-state index in [4.69, 9.17) is 4.74 Å². The molecule has 0 unspecified atom stereocenters. The van der Waals surface area contributed by atoms with Gasteiger partial charge in [-0.25, -0.2) is 4.39 Å². The van der Waals surface area contributed by atoms with Crippen LogP contribution in [-0.4, -0.2) is 25.2 Å². The Balaban J connectivity index is 2.40. The van der Waals surface area contributed by atoms with E-state index in [1.165, 1.54) is 12.1 Å². The summed E-state index contributed by atoms with van der Waals surface area (Å²) >= 11 is 0. The Morgan fingerprint density at radius 2 is 2.06 bits per heavy atom. The molecule has 18 heavy (non-hydrogen) atoms. The van der Waals surface area contributed by atoms with E-state index in [2.05, 4.69) is 0 Å². The molecule has 0 spiro atoms. The van der Waals surface area contributed by atoms with Crippen LogP contribution in [0.5, 0.6) is 5.75 Å². The van der Waals surface area contributed by atoms with Crippen molar-refractivity contribution in [3.8, 4) is 5.75 Å². The lowest BCUT2D eigenvalue weighted by molar-refractivity contribution is -0.139. The second-order valence-corrected chi connectivity index (χ2v) is 3.59. The van der Waals surface area contributed by atoms with E-state index in [0.29, 0.717) is 5.56 Å². The Bertz CT molecular complexity index is 432. The highest BCUT2D eigenvalue weighted by Crippen LogP contribution is 2.15. The van der Waals surface area contributed by atoms with Crippen LogP contribution in [0.15, 0.2) is 18.2 Å². The molecule has 0 saturated carbocycles. The fourth-order valence-electron chi connectivity index (χ4n) is 1.06. The summed E-state index contributed by atoms with van der Waals surface area (Å²) in [5, 5.41) is 1.64. The van der Waals surface area contributed by atoms with Crippen molar-refractivity contribution >= 4 is 5.91 Å². The minimum absolute atomic E-state index is 0.0836. The Morgan fingerprint density at radius 1 is 1.39 bits per heavy atom. The van der Waals surface area contributed by atoms with Gasteiger partial charge in [0, 0.05) is 6.07 Å². The first-order valence-electron chi connectivity index (χ1n) is 5.00. The third-order valence-electron chi connectivity index (χ3n) is 2.00. The van der Waals surface area contributed by atoms with Crippen LogP contribution >= 0.6 is 0 Å². The maximum Gasteiger partial charge on any atom is 0.405 e. The van der Waals surface area contributed by atoms with E-state index in [0.717, 1.165) is 6.07 Å². The second-order valence-electron chi connectivity index (χ2n) is 3.59. The molecule has 0 aromatic heterocycles. The lowest BCUT2D eigenvalue weighted by Gasteiger charge is -2.09. The highest BCUT2D eigenvalue weighted by molar-refractivity contribution is 5.77. The fraction of sp³-hybridized carbons (Fsp3) is 0.364. The van der Waals surface area contributed by atoms with Gasteiger partial charge in [-0.3, -0.25) is 4.79 Å². The SMILES string of the molecule is Cc1ccc(OCC(=O)NCC(F)(F)F)cc1F. The monoisotopic (exact) mass is 265 g/mol. The van der Waals surface area contributed by atoms with Gasteiger partial charge < -0.3 is 10.1 Å². The highest BCUT2D eigenvalue weighted by Gasteiger charge is 2.27. The van der Waals surface area contributed by atoms with Crippen LogP contribution in [0, 0.1) is 12.7 Å². The van der Waals surface area contributed by atoms with Crippen LogP contribution < -0.4 is 10.1 Å². The number of amides is 1. The molecule has 1 N–H and O–H groups in total. The van der Waals surface area contributed by atoms with Gasteiger partial charge in [0.1, 0.15) is 18.1 Å². The molecule has 1 aromatic carbocycles. The zero-order chi connectivity index (χ0) is 13.8. The van der Waals surface area contributed by atoms with Crippen LogP contribution in [0.1, 0.15) is 5.56 Å². The number of rotatable bonds is 4. The quantitative estimate of drug-likeness (QED) is 0.847. The molecule has 1 rings (SSSR count). The van der Waals surface area contributed by atoms with Crippen LogP contribution in [0.25, 0.3) is 0 Å². The van der Waals surface area contributed by atoms with Gasteiger partial charge in [0.2, 0.25) is 0 Å². The summed E-state index contributed by atoms with van der Waals surface area (Å²) in [6.07, 6.45) is -4.47. The smallest absolute Gasteiger partial charge is 0.405 e. The molecule has 0 atom stereocenters. The van der Waals surface area contributed by atoms with Gasteiger partial charge in [0.25, 0.3) is 5.91 Å². The minimum Gasteiger partial charge on any atom is -0.484 e. The average molecular weight is 265 g/mol. The zero-order valence-corrected chi connectivity index (χ0v) is 9.47. The molecule has 0 radical (unpaired) electrons. The molecule has 3 nitrogen and oxygen atoms in total. The Labute approximate surface area is 101 Å². The maximum absolute atomic E-state index is 13.1. The number of hydrogen-bond acceptors (Lipinski definition) is 2. The highest BCUT2D eigenvalue weighted by atomic mass is 19.4.